The van der Waals surface area contributed by atoms with Gasteiger partial charge in [-0.25, -0.2) is 0 Å². The molecule has 0 fully saturated rings. The third kappa shape index (κ3) is 3.97. The molecular formula is C13H17BrO2. The Bertz CT molecular complexity index is 374. The first-order valence-electron chi connectivity index (χ1n) is 5.30. The maximum Gasteiger partial charge on any atom is 0.306 e. The zero-order valence-electron chi connectivity index (χ0n) is 9.92. The molecule has 0 aromatic heterocycles. The van der Waals surface area contributed by atoms with Crippen molar-refractivity contribution < 1.29 is 9.53 Å². The fourth-order valence-electron chi connectivity index (χ4n) is 1.65. The Morgan fingerprint density at radius 1 is 1.44 bits per heavy atom. The summed E-state index contributed by atoms with van der Waals surface area (Å²) in [5.41, 5.74) is 3.81. The summed E-state index contributed by atoms with van der Waals surface area (Å²) in [7, 11) is 1.42. The average Bonchev–Trinajstić information content (AvgIpc) is 2.22. The lowest BCUT2D eigenvalue weighted by Gasteiger charge is -2.11. The largest absolute Gasteiger partial charge is 0.469 e. The first-order chi connectivity index (χ1) is 7.52. The zero-order chi connectivity index (χ0) is 12.1. The molecule has 0 aliphatic rings. The minimum absolute atomic E-state index is 0.140. The Kier molecular flexibility index (Phi) is 5.00. The predicted molar refractivity (Wildman–Crippen MR) is 69.0 cm³/mol. The molecule has 0 aliphatic heterocycles. The standard InChI is InChI=1S/C13H17BrO2/c1-9-4-5-11(10(2)6-9)7-12(14)8-13(15)16-3/h4-6,12H,7-8H2,1-3H3. The number of methoxy groups -OCH3 is 1. The van der Waals surface area contributed by atoms with Crippen LogP contribution in [0.2, 0.25) is 0 Å². The number of carbonyl (C=O) groups excluding carboxylic acids is 1. The van der Waals surface area contributed by atoms with E-state index in [-0.39, 0.29) is 10.8 Å². The Hall–Kier alpha value is -0.830. The highest BCUT2D eigenvalue weighted by Crippen LogP contribution is 2.18. The second-order valence-corrected chi connectivity index (χ2v) is 5.31. The monoisotopic (exact) mass is 284 g/mol. The Morgan fingerprint density at radius 2 is 2.12 bits per heavy atom. The van der Waals surface area contributed by atoms with E-state index in [4.69, 9.17) is 0 Å². The quantitative estimate of drug-likeness (QED) is 0.627. The number of halogens is 1. The van der Waals surface area contributed by atoms with E-state index in [1.54, 1.807) is 0 Å². The molecular weight excluding hydrogens is 268 g/mol. The lowest BCUT2D eigenvalue weighted by Crippen LogP contribution is -2.12. The molecule has 0 heterocycles. The van der Waals surface area contributed by atoms with Gasteiger partial charge in [0.25, 0.3) is 0 Å². The average molecular weight is 285 g/mol. The van der Waals surface area contributed by atoms with Crippen LogP contribution in [0.1, 0.15) is 23.1 Å². The summed E-state index contributed by atoms with van der Waals surface area (Å²) in [6, 6.07) is 6.38. The lowest BCUT2D eigenvalue weighted by atomic mass is 10.0. The van der Waals surface area contributed by atoms with Gasteiger partial charge in [0.15, 0.2) is 0 Å². The SMILES string of the molecule is COC(=O)CC(Br)Cc1ccc(C)cc1C. The van der Waals surface area contributed by atoms with Crippen LogP contribution in [0.3, 0.4) is 0 Å². The van der Waals surface area contributed by atoms with E-state index in [1.165, 1.54) is 23.8 Å². The molecule has 1 rings (SSSR count). The highest BCUT2D eigenvalue weighted by atomic mass is 79.9. The molecule has 1 unspecified atom stereocenters. The summed E-state index contributed by atoms with van der Waals surface area (Å²) in [6.45, 7) is 4.18. The van der Waals surface area contributed by atoms with Gasteiger partial charge in [0, 0.05) is 4.83 Å². The van der Waals surface area contributed by atoms with Gasteiger partial charge in [-0.15, -0.1) is 0 Å². The van der Waals surface area contributed by atoms with Crippen molar-refractivity contribution in [2.45, 2.75) is 31.5 Å². The van der Waals surface area contributed by atoms with E-state index in [1.807, 2.05) is 0 Å². The Labute approximate surface area is 105 Å². The van der Waals surface area contributed by atoms with Gasteiger partial charge in [0.2, 0.25) is 0 Å². The van der Waals surface area contributed by atoms with Crippen LogP contribution in [0.25, 0.3) is 0 Å². The summed E-state index contributed by atoms with van der Waals surface area (Å²) < 4.78 is 4.64. The van der Waals surface area contributed by atoms with E-state index in [0.717, 1.165) is 6.42 Å². The third-order valence-electron chi connectivity index (χ3n) is 2.56. The minimum atomic E-state index is -0.174. The van der Waals surface area contributed by atoms with Gasteiger partial charge in [0.05, 0.1) is 13.5 Å². The van der Waals surface area contributed by atoms with Crippen LogP contribution < -0.4 is 0 Å². The summed E-state index contributed by atoms with van der Waals surface area (Å²) in [6.07, 6.45) is 1.25. The summed E-state index contributed by atoms with van der Waals surface area (Å²) in [5.74, 6) is -0.174. The smallest absolute Gasteiger partial charge is 0.306 e. The van der Waals surface area contributed by atoms with Crippen molar-refractivity contribution in [2.75, 3.05) is 7.11 Å². The molecule has 1 atom stereocenters. The first kappa shape index (κ1) is 13.2. The summed E-state index contributed by atoms with van der Waals surface area (Å²) >= 11 is 3.51. The van der Waals surface area contributed by atoms with Gasteiger partial charge >= 0.3 is 5.97 Å². The molecule has 0 saturated carbocycles. The molecule has 0 bridgehead atoms. The summed E-state index contributed by atoms with van der Waals surface area (Å²) in [5, 5.41) is 0. The third-order valence-corrected chi connectivity index (χ3v) is 3.20. The van der Waals surface area contributed by atoms with E-state index >= 15 is 0 Å². The van der Waals surface area contributed by atoms with Crippen molar-refractivity contribution in [3.8, 4) is 0 Å². The molecule has 16 heavy (non-hydrogen) atoms. The second kappa shape index (κ2) is 6.04. The van der Waals surface area contributed by atoms with E-state index in [2.05, 4.69) is 52.7 Å². The van der Waals surface area contributed by atoms with Crippen molar-refractivity contribution in [3.63, 3.8) is 0 Å². The van der Waals surface area contributed by atoms with Gasteiger partial charge in [-0.3, -0.25) is 4.79 Å². The van der Waals surface area contributed by atoms with Crippen LogP contribution in [0.5, 0.6) is 0 Å². The molecule has 1 aromatic carbocycles. The van der Waals surface area contributed by atoms with Crippen LogP contribution >= 0.6 is 15.9 Å². The van der Waals surface area contributed by atoms with Crippen molar-refractivity contribution in [2.24, 2.45) is 0 Å². The number of carbonyl (C=O) groups is 1. The minimum Gasteiger partial charge on any atom is -0.469 e. The molecule has 0 saturated heterocycles. The molecule has 0 amide bonds. The summed E-state index contributed by atoms with van der Waals surface area (Å²) in [4.78, 5) is 11.2. The molecule has 0 radical (unpaired) electrons. The number of hydrogen-bond acceptors (Lipinski definition) is 2. The molecule has 3 heteroatoms. The number of aryl methyl sites for hydroxylation is 2. The van der Waals surface area contributed by atoms with E-state index < -0.39 is 0 Å². The normalized spacial score (nSPS) is 12.2. The Morgan fingerprint density at radius 3 is 2.69 bits per heavy atom. The van der Waals surface area contributed by atoms with Gasteiger partial charge in [-0.05, 0) is 31.4 Å². The number of esters is 1. The molecule has 1 aromatic rings. The molecule has 0 aliphatic carbocycles. The van der Waals surface area contributed by atoms with Crippen molar-refractivity contribution in [3.05, 3.63) is 34.9 Å². The maximum atomic E-state index is 11.1. The number of alkyl halides is 1. The van der Waals surface area contributed by atoms with Gasteiger partial charge in [0.1, 0.15) is 0 Å². The van der Waals surface area contributed by atoms with Crippen LogP contribution in [-0.2, 0) is 16.0 Å². The van der Waals surface area contributed by atoms with E-state index in [9.17, 15) is 4.79 Å². The van der Waals surface area contributed by atoms with Crippen LogP contribution in [0.4, 0.5) is 0 Å². The fourth-order valence-corrected chi connectivity index (χ4v) is 2.26. The predicted octanol–water partition coefficient (Wildman–Crippen LogP) is 3.17. The lowest BCUT2D eigenvalue weighted by molar-refractivity contribution is -0.140. The van der Waals surface area contributed by atoms with Crippen molar-refractivity contribution >= 4 is 21.9 Å². The first-order valence-corrected chi connectivity index (χ1v) is 6.21. The second-order valence-electron chi connectivity index (χ2n) is 4.01. The number of ether oxygens (including phenoxy) is 1. The van der Waals surface area contributed by atoms with Gasteiger partial charge < -0.3 is 4.74 Å². The molecule has 0 N–H and O–H groups in total. The maximum absolute atomic E-state index is 11.1. The molecule has 0 spiro atoms. The molecule has 88 valence electrons. The highest BCUT2D eigenvalue weighted by Gasteiger charge is 2.12. The fraction of sp³-hybridized carbons (Fsp3) is 0.462. The van der Waals surface area contributed by atoms with Gasteiger partial charge in [-0.2, -0.15) is 0 Å². The number of benzene rings is 1. The van der Waals surface area contributed by atoms with Crippen molar-refractivity contribution in [1.29, 1.82) is 0 Å². The highest BCUT2D eigenvalue weighted by molar-refractivity contribution is 9.09. The molecule has 2 nitrogen and oxygen atoms in total. The number of rotatable bonds is 4. The van der Waals surface area contributed by atoms with Crippen LogP contribution in [0, 0.1) is 13.8 Å². The van der Waals surface area contributed by atoms with Crippen LogP contribution in [-0.4, -0.2) is 17.9 Å². The Balaban J connectivity index is 2.62. The zero-order valence-corrected chi connectivity index (χ0v) is 11.5. The van der Waals surface area contributed by atoms with E-state index in [0.29, 0.717) is 6.42 Å². The van der Waals surface area contributed by atoms with Crippen LogP contribution in [0.15, 0.2) is 18.2 Å². The topological polar surface area (TPSA) is 26.3 Å². The van der Waals surface area contributed by atoms with Gasteiger partial charge in [-0.1, -0.05) is 39.7 Å². The van der Waals surface area contributed by atoms with Crippen molar-refractivity contribution in [1.82, 2.24) is 0 Å². The number of hydrogen-bond donors (Lipinski definition) is 0.